The zero-order valence-corrected chi connectivity index (χ0v) is 12.7. The Kier molecular flexibility index (Phi) is 4.18. The summed E-state index contributed by atoms with van der Waals surface area (Å²) in [5.74, 6) is 0.981. The van der Waals surface area contributed by atoms with Crippen LogP contribution in [0.3, 0.4) is 0 Å². The normalized spacial score (nSPS) is 11.0. The number of aromatic nitrogens is 4. The molecule has 3 rings (SSSR count). The van der Waals surface area contributed by atoms with Crippen LogP contribution in [-0.4, -0.2) is 19.7 Å². The van der Waals surface area contributed by atoms with Gasteiger partial charge in [0.15, 0.2) is 5.82 Å². The molecule has 0 unspecified atom stereocenters. The van der Waals surface area contributed by atoms with Crippen LogP contribution >= 0.6 is 0 Å². The minimum Gasteiger partial charge on any atom is -0.334 e. The van der Waals surface area contributed by atoms with Crippen LogP contribution in [0.5, 0.6) is 0 Å². The van der Waals surface area contributed by atoms with Gasteiger partial charge in [-0.2, -0.15) is 4.98 Å². The van der Waals surface area contributed by atoms with Gasteiger partial charge in [-0.1, -0.05) is 43.3 Å². The lowest BCUT2D eigenvalue weighted by atomic mass is 10.1. The van der Waals surface area contributed by atoms with Gasteiger partial charge in [0.05, 0.1) is 6.33 Å². The van der Waals surface area contributed by atoms with Crippen molar-refractivity contribution in [2.75, 3.05) is 5.32 Å². The molecule has 1 aromatic carbocycles. The third-order valence-electron chi connectivity index (χ3n) is 3.32. The number of benzene rings is 1. The Bertz CT molecular complexity index is 718. The summed E-state index contributed by atoms with van der Waals surface area (Å²) in [4.78, 5) is 8.36. The maximum absolute atomic E-state index is 5.18. The maximum Gasteiger partial charge on any atom is 0.321 e. The Morgan fingerprint density at radius 2 is 2.14 bits per heavy atom. The smallest absolute Gasteiger partial charge is 0.321 e. The molecule has 0 saturated carbocycles. The Morgan fingerprint density at radius 3 is 2.86 bits per heavy atom. The minimum absolute atomic E-state index is 0.262. The van der Waals surface area contributed by atoms with Gasteiger partial charge in [-0.25, -0.2) is 4.98 Å². The summed E-state index contributed by atoms with van der Waals surface area (Å²) >= 11 is 0. The first kappa shape index (κ1) is 14.3. The molecule has 0 fully saturated rings. The van der Waals surface area contributed by atoms with Crippen LogP contribution in [0.2, 0.25) is 0 Å². The monoisotopic (exact) mass is 297 g/mol. The van der Waals surface area contributed by atoms with Crippen LogP contribution in [0.1, 0.15) is 36.7 Å². The van der Waals surface area contributed by atoms with Gasteiger partial charge in [-0.15, -0.1) is 0 Å². The van der Waals surface area contributed by atoms with Crippen molar-refractivity contribution in [2.24, 2.45) is 0 Å². The molecule has 0 aliphatic carbocycles. The highest BCUT2D eigenvalue weighted by atomic mass is 16.5. The first-order valence-corrected chi connectivity index (χ1v) is 7.32. The highest BCUT2D eigenvalue weighted by Gasteiger charge is 2.09. The van der Waals surface area contributed by atoms with Crippen molar-refractivity contribution in [1.82, 2.24) is 19.7 Å². The molecular formula is C16H19N5O. The summed E-state index contributed by atoms with van der Waals surface area (Å²) in [5.41, 5.74) is 2.40. The van der Waals surface area contributed by atoms with E-state index in [1.807, 2.05) is 30.9 Å². The number of anilines is 1. The van der Waals surface area contributed by atoms with Gasteiger partial charge >= 0.3 is 6.01 Å². The van der Waals surface area contributed by atoms with Crippen LogP contribution in [0.15, 0.2) is 47.5 Å². The van der Waals surface area contributed by atoms with Crippen molar-refractivity contribution >= 4 is 6.01 Å². The molecular weight excluding hydrogens is 278 g/mol. The molecule has 2 heterocycles. The summed E-state index contributed by atoms with van der Waals surface area (Å²) in [5, 5.41) is 7.10. The molecule has 6 heteroatoms. The molecule has 3 aromatic rings. The third kappa shape index (κ3) is 3.52. The van der Waals surface area contributed by atoms with E-state index in [2.05, 4.69) is 44.7 Å². The standard InChI is InChI=1S/C16H19N5O/c1-12(2)15-19-16(22-20-15)18-9-13-4-3-5-14(8-13)10-21-7-6-17-11-21/h3-8,11-12H,9-10H2,1-2H3,(H,18,19,20). The van der Waals surface area contributed by atoms with Crippen molar-refractivity contribution in [3.8, 4) is 0 Å². The molecule has 22 heavy (non-hydrogen) atoms. The summed E-state index contributed by atoms with van der Waals surface area (Å²) in [6, 6.07) is 8.85. The van der Waals surface area contributed by atoms with Crippen molar-refractivity contribution in [3.63, 3.8) is 0 Å². The van der Waals surface area contributed by atoms with Crippen molar-refractivity contribution in [1.29, 1.82) is 0 Å². The Balaban J connectivity index is 1.62. The lowest BCUT2D eigenvalue weighted by Crippen LogP contribution is -2.02. The van der Waals surface area contributed by atoms with Crippen LogP contribution in [0.25, 0.3) is 0 Å². The molecule has 0 radical (unpaired) electrons. The van der Waals surface area contributed by atoms with E-state index in [-0.39, 0.29) is 5.92 Å². The molecule has 1 N–H and O–H groups in total. The van der Waals surface area contributed by atoms with E-state index in [4.69, 9.17) is 4.52 Å². The highest BCUT2D eigenvalue weighted by Crippen LogP contribution is 2.14. The van der Waals surface area contributed by atoms with E-state index in [0.29, 0.717) is 12.6 Å². The molecule has 0 saturated heterocycles. The Hall–Kier alpha value is -2.63. The van der Waals surface area contributed by atoms with Gasteiger partial charge in [0.2, 0.25) is 0 Å². The van der Waals surface area contributed by atoms with E-state index in [1.165, 1.54) is 11.1 Å². The topological polar surface area (TPSA) is 68.8 Å². The van der Waals surface area contributed by atoms with Gasteiger partial charge in [0.25, 0.3) is 0 Å². The van der Waals surface area contributed by atoms with Crippen molar-refractivity contribution in [3.05, 3.63) is 59.9 Å². The van der Waals surface area contributed by atoms with Crippen LogP contribution in [0.4, 0.5) is 6.01 Å². The fraction of sp³-hybridized carbons (Fsp3) is 0.312. The fourth-order valence-electron chi connectivity index (χ4n) is 2.15. The van der Waals surface area contributed by atoms with Crippen LogP contribution < -0.4 is 5.32 Å². The first-order valence-electron chi connectivity index (χ1n) is 7.32. The molecule has 0 atom stereocenters. The zero-order chi connectivity index (χ0) is 15.4. The van der Waals surface area contributed by atoms with Gasteiger partial charge < -0.3 is 14.4 Å². The van der Waals surface area contributed by atoms with Gasteiger partial charge in [-0.3, -0.25) is 0 Å². The summed E-state index contributed by atoms with van der Waals surface area (Å²) in [7, 11) is 0. The zero-order valence-electron chi connectivity index (χ0n) is 12.7. The van der Waals surface area contributed by atoms with Crippen LogP contribution in [-0.2, 0) is 13.1 Å². The number of nitrogens with zero attached hydrogens (tertiary/aromatic N) is 4. The summed E-state index contributed by atoms with van der Waals surface area (Å²) < 4.78 is 7.22. The second-order valence-electron chi connectivity index (χ2n) is 5.52. The quantitative estimate of drug-likeness (QED) is 0.757. The summed E-state index contributed by atoms with van der Waals surface area (Å²) in [6.45, 7) is 5.53. The average molecular weight is 297 g/mol. The highest BCUT2D eigenvalue weighted by molar-refractivity contribution is 5.28. The molecule has 6 nitrogen and oxygen atoms in total. The lowest BCUT2D eigenvalue weighted by Gasteiger charge is -2.06. The number of nitrogens with one attached hydrogen (secondary N) is 1. The van der Waals surface area contributed by atoms with E-state index in [1.54, 1.807) is 6.20 Å². The number of rotatable bonds is 6. The molecule has 0 bridgehead atoms. The maximum atomic E-state index is 5.18. The fourth-order valence-corrected chi connectivity index (χ4v) is 2.15. The van der Waals surface area contributed by atoms with E-state index in [9.17, 15) is 0 Å². The SMILES string of the molecule is CC(C)c1noc(NCc2cccc(Cn3ccnc3)c2)n1. The van der Waals surface area contributed by atoms with Crippen molar-refractivity contribution < 1.29 is 4.52 Å². The average Bonchev–Trinajstić information content (AvgIpc) is 3.17. The summed E-state index contributed by atoms with van der Waals surface area (Å²) in [6.07, 6.45) is 5.56. The number of hydrogen-bond acceptors (Lipinski definition) is 5. The van der Waals surface area contributed by atoms with Gasteiger partial charge in [0, 0.05) is 31.4 Å². The Morgan fingerprint density at radius 1 is 1.27 bits per heavy atom. The molecule has 0 amide bonds. The van der Waals surface area contributed by atoms with E-state index in [0.717, 1.165) is 12.4 Å². The predicted octanol–water partition coefficient (Wildman–Crippen LogP) is 3.05. The Labute approximate surface area is 129 Å². The first-order chi connectivity index (χ1) is 10.7. The minimum atomic E-state index is 0.262. The predicted molar refractivity (Wildman–Crippen MR) is 83.5 cm³/mol. The van der Waals surface area contributed by atoms with Gasteiger partial charge in [0.1, 0.15) is 0 Å². The molecule has 0 aliphatic heterocycles. The number of hydrogen-bond donors (Lipinski definition) is 1. The third-order valence-corrected chi connectivity index (χ3v) is 3.32. The molecule has 0 aliphatic rings. The second-order valence-corrected chi connectivity index (χ2v) is 5.52. The van der Waals surface area contributed by atoms with E-state index < -0.39 is 0 Å². The van der Waals surface area contributed by atoms with Crippen molar-refractivity contribution in [2.45, 2.75) is 32.9 Å². The molecule has 0 spiro atoms. The molecule has 114 valence electrons. The number of imidazole rings is 1. The van der Waals surface area contributed by atoms with Gasteiger partial charge in [-0.05, 0) is 11.1 Å². The van der Waals surface area contributed by atoms with E-state index >= 15 is 0 Å². The lowest BCUT2D eigenvalue weighted by molar-refractivity contribution is 0.419. The van der Waals surface area contributed by atoms with Crippen LogP contribution in [0, 0.1) is 0 Å². The second kappa shape index (κ2) is 6.43. The largest absolute Gasteiger partial charge is 0.334 e. The molecule has 2 aromatic heterocycles.